The normalized spacial score (nSPS) is 21.5. The Balaban J connectivity index is 2.16. The first-order chi connectivity index (χ1) is 8.36. The molecule has 0 radical (unpaired) electrons. The zero-order valence-electron chi connectivity index (χ0n) is 9.54. The minimum Gasteiger partial charge on any atom is -0.392 e. The monoisotopic (exact) mass is 279 g/mol. The number of halogens is 4. The smallest absolute Gasteiger partial charge is 0.392 e. The lowest BCUT2D eigenvalue weighted by atomic mass is 10.1. The summed E-state index contributed by atoms with van der Waals surface area (Å²) in [5.41, 5.74) is -0.248. The Labute approximate surface area is 108 Å². The van der Waals surface area contributed by atoms with Crippen LogP contribution < -0.4 is 0 Å². The van der Waals surface area contributed by atoms with Gasteiger partial charge in [-0.15, -0.1) is 0 Å². The Hall–Kier alpha value is -0.780. The first kappa shape index (κ1) is 13.6. The predicted octanol–water partition coefficient (Wildman–Crippen LogP) is 2.93. The van der Waals surface area contributed by atoms with Gasteiger partial charge < -0.3 is 5.11 Å². The van der Waals surface area contributed by atoms with E-state index in [2.05, 4.69) is 0 Å². The van der Waals surface area contributed by atoms with Crippen LogP contribution in [0.3, 0.4) is 0 Å². The maximum atomic E-state index is 12.6. The van der Waals surface area contributed by atoms with Crippen LogP contribution >= 0.6 is 11.6 Å². The molecule has 1 aromatic carbocycles. The summed E-state index contributed by atoms with van der Waals surface area (Å²) in [7, 11) is 0. The molecular formula is C12H13ClF3NO. The molecule has 1 aromatic rings. The highest BCUT2D eigenvalue weighted by molar-refractivity contribution is 6.31. The van der Waals surface area contributed by atoms with Crippen LogP contribution in [0.2, 0.25) is 5.02 Å². The van der Waals surface area contributed by atoms with Gasteiger partial charge in [0.05, 0.1) is 11.7 Å². The predicted molar refractivity (Wildman–Crippen MR) is 62.4 cm³/mol. The van der Waals surface area contributed by atoms with Crippen molar-refractivity contribution in [3.8, 4) is 0 Å². The van der Waals surface area contributed by atoms with E-state index in [1.165, 1.54) is 6.07 Å². The largest absolute Gasteiger partial charge is 0.416 e. The average molecular weight is 280 g/mol. The number of benzene rings is 1. The van der Waals surface area contributed by atoms with Gasteiger partial charge in [0.15, 0.2) is 0 Å². The highest BCUT2D eigenvalue weighted by Gasteiger charge is 2.31. The average Bonchev–Trinajstić information content (AvgIpc) is 2.66. The van der Waals surface area contributed by atoms with Crippen molar-refractivity contribution < 1.29 is 18.3 Å². The maximum absolute atomic E-state index is 12.6. The van der Waals surface area contributed by atoms with Gasteiger partial charge in [0, 0.05) is 24.7 Å². The lowest BCUT2D eigenvalue weighted by Crippen LogP contribution is -2.22. The quantitative estimate of drug-likeness (QED) is 0.900. The number of nitrogens with zero attached hydrogens (tertiary/aromatic N) is 1. The Bertz CT molecular complexity index is 436. The molecule has 2 nitrogen and oxygen atoms in total. The molecule has 1 atom stereocenters. The number of aliphatic hydroxyl groups is 1. The second-order valence-corrected chi connectivity index (χ2v) is 4.89. The van der Waals surface area contributed by atoms with Crippen LogP contribution in [0.4, 0.5) is 13.2 Å². The van der Waals surface area contributed by atoms with Crippen molar-refractivity contribution in [2.24, 2.45) is 0 Å². The van der Waals surface area contributed by atoms with E-state index >= 15 is 0 Å². The zero-order valence-corrected chi connectivity index (χ0v) is 10.3. The summed E-state index contributed by atoms with van der Waals surface area (Å²) in [4.78, 5) is 1.89. The minimum absolute atomic E-state index is 0.324. The third-order valence-corrected chi connectivity index (χ3v) is 3.38. The zero-order chi connectivity index (χ0) is 13.3. The molecule has 0 aliphatic carbocycles. The van der Waals surface area contributed by atoms with Gasteiger partial charge in [0.25, 0.3) is 0 Å². The van der Waals surface area contributed by atoms with Gasteiger partial charge in [-0.3, -0.25) is 4.90 Å². The van der Waals surface area contributed by atoms with E-state index in [4.69, 9.17) is 11.6 Å². The van der Waals surface area contributed by atoms with E-state index in [1.807, 2.05) is 4.90 Å². The molecule has 1 aliphatic rings. The molecule has 1 saturated heterocycles. The Morgan fingerprint density at radius 3 is 2.67 bits per heavy atom. The molecule has 100 valence electrons. The van der Waals surface area contributed by atoms with Crippen molar-refractivity contribution in [3.63, 3.8) is 0 Å². The topological polar surface area (TPSA) is 23.5 Å². The molecule has 0 saturated carbocycles. The molecule has 1 aliphatic heterocycles. The van der Waals surface area contributed by atoms with Crippen LogP contribution in [-0.4, -0.2) is 29.2 Å². The van der Waals surface area contributed by atoms with Crippen molar-refractivity contribution in [2.45, 2.75) is 25.2 Å². The molecule has 0 amide bonds. The van der Waals surface area contributed by atoms with Crippen LogP contribution in [0.5, 0.6) is 0 Å². The Morgan fingerprint density at radius 2 is 2.11 bits per heavy atom. The number of β-amino-alcohol motifs (C(OH)–C–C–N with tert-alkyl or cyclic N) is 1. The maximum Gasteiger partial charge on any atom is 0.416 e. The number of alkyl halides is 3. The first-order valence-corrected chi connectivity index (χ1v) is 6.00. The van der Waals surface area contributed by atoms with Gasteiger partial charge in [0.2, 0.25) is 0 Å². The van der Waals surface area contributed by atoms with Gasteiger partial charge >= 0.3 is 6.18 Å². The first-order valence-electron chi connectivity index (χ1n) is 5.62. The van der Waals surface area contributed by atoms with E-state index in [1.54, 1.807) is 0 Å². The number of rotatable bonds is 2. The van der Waals surface area contributed by atoms with Crippen molar-refractivity contribution in [3.05, 3.63) is 34.3 Å². The summed E-state index contributed by atoms with van der Waals surface area (Å²) >= 11 is 5.90. The lowest BCUT2D eigenvalue weighted by molar-refractivity contribution is -0.137. The molecule has 0 spiro atoms. The van der Waals surface area contributed by atoms with E-state index < -0.39 is 17.8 Å². The second-order valence-electron chi connectivity index (χ2n) is 4.48. The second kappa shape index (κ2) is 5.07. The standard InChI is InChI=1S/C12H13ClF3NO/c13-11-2-1-9(12(14,15)16)5-8(11)6-17-4-3-10(18)7-17/h1-2,5,10,18H,3-4,6-7H2/t10-/m1/s1. The van der Waals surface area contributed by atoms with Crippen LogP contribution in [0.25, 0.3) is 0 Å². The number of aliphatic hydroxyl groups excluding tert-OH is 1. The van der Waals surface area contributed by atoms with Crippen LogP contribution in [0.15, 0.2) is 18.2 Å². The molecule has 18 heavy (non-hydrogen) atoms. The Kier molecular flexibility index (Phi) is 3.84. The summed E-state index contributed by atoms with van der Waals surface area (Å²) < 4.78 is 37.7. The van der Waals surface area contributed by atoms with Gasteiger partial charge in [-0.25, -0.2) is 0 Å². The lowest BCUT2D eigenvalue weighted by Gasteiger charge is -2.17. The van der Waals surface area contributed by atoms with Gasteiger partial charge in [-0.2, -0.15) is 13.2 Å². The summed E-state index contributed by atoms with van der Waals surface area (Å²) in [5.74, 6) is 0. The fourth-order valence-corrected chi connectivity index (χ4v) is 2.25. The summed E-state index contributed by atoms with van der Waals surface area (Å²) in [6, 6.07) is 3.32. The van der Waals surface area contributed by atoms with E-state index in [9.17, 15) is 18.3 Å². The molecule has 0 bridgehead atoms. The molecule has 1 N–H and O–H groups in total. The van der Waals surface area contributed by atoms with Crippen LogP contribution in [0.1, 0.15) is 17.5 Å². The molecule has 2 rings (SSSR count). The fraction of sp³-hybridized carbons (Fsp3) is 0.500. The fourth-order valence-electron chi connectivity index (χ4n) is 2.07. The van der Waals surface area contributed by atoms with Gasteiger partial charge in [0.1, 0.15) is 0 Å². The molecule has 6 heteroatoms. The minimum atomic E-state index is -4.36. The van der Waals surface area contributed by atoms with Crippen molar-refractivity contribution >= 4 is 11.6 Å². The molecule has 0 aromatic heterocycles. The third-order valence-electron chi connectivity index (χ3n) is 3.01. The molecular weight excluding hydrogens is 267 g/mol. The SMILES string of the molecule is O[C@@H]1CCN(Cc2cc(C(F)(F)F)ccc2Cl)C1. The van der Waals surface area contributed by atoms with E-state index in [-0.39, 0.29) is 0 Å². The summed E-state index contributed by atoms with van der Waals surface area (Å²) in [6.45, 7) is 1.49. The van der Waals surface area contributed by atoms with Gasteiger partial charge in [-0.05, 0) is 30.2 Å². The Morgan fingerprint density at radius 1 is 1.39 bits per heavy atom. The van der Waals surface area contributed by atoms with Crippen molar-refractivity contribution in [1.82, 2.24) is 4.90 Å². The van der Waals surface area contributed by atoms with Crippen molar-refractivity contribution in [1.29, 1.82) is 0 Å². The highest BCUT2D eigenvalue weighted by atomic mass is 35.5. The summed E-state index contributed by atoms with van der Waals surface area (Å²) in [6.07, 6.45) is -4.10. The van der Waals surface area contributed by atoms with E-state index in [0.717, 1.165) is 12.1 Å². The number of hydrogen-bond donors (Lipinski definition) is 1. The number of likely N-dealkylation sites (tertiary alicyclic amines) is 1. The third kappa shape index (κ3) is 3.16. The van der Waals surface area contributed by atoms with Crippen LogP contribution in [-0.2, 0) is 12.7 Å². The van der Waals surface area contributed by atoms with Gasteiger partial charge in [-0.1, -0.05) is 11.6 Å². The van der Waals surface area contributed by atoms with E-state index in [0.29, 0.717) is 36.6 Å². The number of hydrogen-bond acceptors (Lipinski definition) is 2. The summed E-state index contributed by atoms with van der Waals surface area (Å²) in [5, 5.41) is 9.70. The molecule has 1 heterocycles. The highest BCUT2D eigenvalue weighted by Crippen LogP contribution is 2.32. The van der Waals surface area contributed by atoms with Crippen molar-refractivity contribution in [2.75, 3.05) is 13.1 Å². The van der Waals surface area contributed by atoms with Crippen LogP contribution in [0, 0.1) is 0 Å². The molecule has 0 unspecified atom stereocenters. The molecule has 1 fully saturated rings.